The van der Waals surface area contributed by atoms with Gasteiger partial charge in [0.1, 0.15) is 5.75 Å². The fourth-order valence-electron chi connectivity index (χ4n) is 1.79. The van der Waals surface area contributed by atoms with Gasteiger partial charge in [-0.3, -0.25) is 0 Å². The van der Waals surface area contributed by atoms with Crippen molar-refractivity contribution in [2.24, 2.45) is 0 Å². The fraction of sp³-hybridized carbons (Fsp3) is 0.562. The molecule has 0 aromatic heterocycles. The Labute approximate surface area is 121 Å². The third-order valence-corrected chi connectivity index (χ3v) is 3.01. The number of unbranched alkanes of at least 4 members (excludes halogenated alkanes) is 1. The van der Waals surface area contributed by atoms with E-state index in [4.69, 9.17) is 9.47 Å². The minimum atomic E-state index is -0.316. The van der Waals surface area contributed by atoms with Gasteiger partial charge in [-0.2, -0.15) is 0 Å². The van der Waals surface area contributed by atoms with Gasteiger partial charge in [0.15, 0.2) is 6.61 Å². The monoisotopic (exact) mass is 279 g/mol. The second kappa shape index (κ2) is 9.37. The second-order valence-electron chi connectivity index (χ2n) is 4.71. The first-order chi connectivity index (χ1) is 9.67. The van der Waals surface area contributed by atoms with Gasteiger partial charge >= 0.3 is 5.97 Å². The Morgan fingerprint density at radius 1 is 1.25 bits per heavy atom. The summed E-state index contributed by atoms with van der Waals surface area (Å²) in [4.78, 5) is 11.4. The Balaban J connectivity index is 2.36. The van der Waals surface area contributed by atoms with Crippen molar-refractivity contribution in [2.75, 3.05) is 19.8 Å². The van der Waals surface area contributed by atoms with Crippen molar-refractivity contribution in [1.82, 2.24) is 5.32 Å². The van der Waals surface area contributed by atoms with E-state index in [-0.39, 0.29) is 12.6 Å². The molecule has 0 amide bonds. The first-order valence-corrected chi connectivity index (χ1v) is 7.29. The summed E-state index contributed by atoms with van der Waals surface area (Å²) in [6.07, 6.45) is 1.91. The van der Waals surface area contributed by atoms with Crippen LogP contribution in [0.2, 0.25) is 0 Å². The van der Waals surface area contributed by atoms with Crippen LogP contribution in [0.3, 0.4) is 0 Å². The molecule has 20 heavy (non-hydrogen) atoms. The number of hydrogen-bond acceptors (Lipinski definition) is 4. The molecule has 1 rings (SSSR count). The van der Waals surface area contributed by atoms with E-state index in [1.165, 1.54) is 5.56 Å². The van der Waals surface area contributed by atoms with Gasteiger partial charge in [-0.05, 0) is 37.6 Å². The minimum absolute atomic E-state index is 0.0359. The first-order valence-electron chi connectivity index (χ1n) is 7.29. The van der Waals surface area contributed by atoms with Crippen molar-refractivity contribution in [3.8, 4) is 5.75 Å². The lowest BCUT2D eigenvalue weighted by Crippen LogP contribution is -2.17. The third-order valence-electron chi connectivity index (χ3n) is 3.01. The normalized spacial score (nSPS) is 11.9. The Hall–Kier alpha value is -1.55. The Morgan fingerprint density at radius 3 is 2.55 bits per heavy atom. The van der Waals surface area contributed by atoms with E-state index in [1.54, 1.807) is 0 Å². The van der Waals surface area contributed by atoms with E-state index >= 15 is 0 Å². The zero-order valence-electron chi connectivity index (χ0n) is 12.6. The van der Waals surface area contributed by atoms with Gasteiger partial charge in [0.25, 0.3) is 0 Å². The Kier molecular flexibility index (Phi) is 7.73. The van der Waals surface area contributed by atoms with Crippen molar-refractivity contribution in [3.05, 3.63) is 29.8 Å². The zero-order chi connectivity index (χ0) is 14.8. The highest BCUT2D eigenvalue weighted by Gasteiger charge is 2.06. The predicted molar refractivity (Wildman–Crippen MR) is 79.9 cm³/mol. The molecule has 0 aliphatic heterocycles. The number of hydrogen-bond donors (Lipinski definition) is 1. The number of esters is 1. The lowest BCUT2D eigenvalue weighted by atomic mass is 10.1. The molecular weight excluding hydrogens is 254 g/mol. The molecule has 1 aromatic carbocycles. The summed E-state index contributed by atoms with van der Waals surface area (Å²) in [6.45, 7) is 7.62. The molecule has 0 radical (unpaired) electrons. The Morgan fingerprint density at radius 2 is 1.95 bits per heavy atom. The Bertz CT molecular complexity index is 389. The molecule has 4 nitrogen and oxygen atoms in total. The standard InChI is InChI=1S/C16H25NO3/c1-4-6-11-19-16(18)12-20-15-9-7-14(8-10-15)13(3)17-5-2/h7-10,13,17H,4-6,11-12H2,1-3H3. The first kappa shape index (κ1) is 16.5. The number of ether oxygens (including phenoxy) is 2. The lowest BCUT2D eigenvalue weighted by Gasteiger charge is -2.13. The maximum atomic E-state index is 11.4. The van der Waals surface area contributed by atoms with E-state index in [1.807, 2.05) is 24.3 Å². The van der Waals surface area contributed by atoms with E-state index < -0.39 is 0 Å². The van der Waals surface area contributed by atoms with Crippen LogP contribution in [-0.2, 0) is 9.53 Å². The summed E-state index contributed by atoms with van der Waals surface area (Å²) >= 11 is 0. The largest absolute Gasteiger partial charge is 0.482 e. The molecule has 1 aromatic rings. The smallest absolute Gasteiger partial charge is 0.344 e. The van der Waals surface area contributed by atoms with Gasteiger partial charge in [0.05, 0.1) is 6.61 Å². The zero-order valence-corrected chi connectivity index (χ0v) is 12.6. The van der Waals surface area contributed by atoms with E-state index in [2.05, 4.69) is 26.1 Å². The highest BCUT2D eigenvalue weighted by atomic mass is 16.6. The number of carbonyl (C=O) groups excluding carboxylic acids is 1. The lowest BCUT2D eigenvalue weighted by molar-refractivity contribution is -0.146. The summed E-state index contributed by atoms with van der Waals surface area (Å²) in [5, 5.41) is 3.35. The highest BCUT2D eigenvalue weighted by molar-refractivity contribution is 5.71. The van der Waals surface area contributed by atoms with Crippen LogP contribution in [0.5, 0.6) is 5.75 Å². The molecule has 1 unspecified atom stereocenters. The van der Waals surface area contributed by atoms with Crippen LogP contribution in [0.4, 0.5) is 0 Å². The number of nitrogens with one attached hydrogen (secondary N) is 1. The molecule has 0 aliphatic rings. The average molecular weight is 279 g/mol. The SMILES string of the molecule is CCCCOC(=O)COc1ccc(C(C)NCC)cc1. The fourth-order valence-corrected chi connectivity index (χ4v) is 1.79. The van der Waals surface area contributed by atoms with E-state index in [0.29, 0.717) is 18.4 Å². The minimum Gasteiger partial charge on any atom is -0.482 e. The highest BCUT2D eigenvalue weighted by Crippen LogP contribution is 2.17. The summed E-state index contributed by atoms with van der Waals surface area (Å²) in [5.74, 6) is 0.369. The van der Waals surface area contributed by atoms with E-state index in [0.717, 1.165) is 19.4 Å². The topological polar surface area (TPSA) is 47.6 Å². The maximum absolute atomic E-state index is 11.4. The summed E-state index contributed by atoms with van der Waals surface area (Å²) in [6, 6.07) is 8.08. The van der Waals surface area contributed by atoms with Crippen LogP contribution in [-0.4, -0.2) is 25.7 Å². The van der Waals surface area contributed by atoms with Crippen LogP contribution >= 0.6 is 0 Å². The summed E-state index contributed by atoms with van der Waals surface area (Å²) in [7, 11) is 0. The van der Waals surface area contributed by atoms with Crippen molar-refractivity contribution in [2.45, 2.75) is 39.7 Å². The van der Waals surface area contributed by atoms with Gasteiger partial charge in [0.2, 0.25) is 0 Å². The van der Waals surface area contributed by atoms with Crippen molar-refractivity contribution in [3.63, 3.8) is 0 Å². The van der Waals surface area contributed by atoms with Crippen molar-refractivity contribution in [1.29, 1.82) is 0 Å². The maximum Gasteiger partial charge on any atom is 0.344 e. The third kappa shape index (κ3) is 6.06. The van der Waals surface area contributed by atoms with Gasteiger partial charge in [-0.15, -0.1) is 0 Å². The van der Waals surface area contributed by atoms with Gasteiger partial charge in [-0.1, -0.05) is 32.4 Å². The van der Waals surface area contributed by atoms with Gasteiger partial charge in [-0.25, -0.2) is 4.79 Å². The number of carbonyl (C=O) groups is 1. The molecule has 0 bridgehead atoms. The number of rotatable bonds is 9. The molecule has 0 fully saturated rings. The molecule has 0 saturated carbocycles. The molecule has 0 aliphatic carbocycles. The molecule has 1 N–H and O–H groups in total. The predicted octanol–water partition coefficient (Wildman–Crippen LogP) is 3.08. The van der Waals surface area contributed by atoms with Crippen LogP contribution in [0, 0.1) is 0 Å². The van der Waals surface area contributed by atoms with Crippen LogP contribution < -0.4 is 10.1 Å². The second-order valence-corrected chi connectivity index (χ2v) is 4.71. The molecule has 112 valence electrons. The van der Waals surface area contributed by atoms with Crippen LogP contribution in [0.1, 0.15) is 45.2 Å². The molecular formula is C16H25NO3. The van der Waals surface area contributed by atoms with Gasteiger partial charge < -0.3 is 14.8 Å². The molecule has 0 heterocycles. The molecule has 0 spiro atoms. The van der Waals surface area contributed by atoms with Crippen LogP contribution in [0.15, 0.2) is 24.3 Å². The number of benzene rings is 1. The molecule has 1 atom stereocenters. The molecule has 4 heteroatoms. The van der Waals surface area contributed by atoms with Crippen LogP contribution in [0.25, 0.3) is 0 Å². The molecule has 0 saturated heterocycles. The van der Waals surface area contributed by atoms with Crippen molar-refractivity contribution >= 4 is 5.97 Å². The summed E-state index contributed by atoms with van der Waals surface area (Å²) < 4.78 is 10.4. The summed E-state index contributed by atoms with van der Waals surface area (Å²) in [5.41, 5.74) is 1.20. The quantitative estimate of drug-likeness (QED) is 0.557. The average Bonchev–Trinajstić information content (AvgIpc) is 2.46. The van der Waals surface area contributed by atoms with Crippen molar-refractivity contribution < 1.29 is 14.3 Å². The van der Waals surface area contributed by atoms with Gasteiger partial charge in [0, 0.05) is 6.04 Å². The van der Waals surface area contributed by atoms with E-state index in [9.17, 15) is 4.79 Å².